The van der Waals surface area contributed by atoms with Gasteiger partial charge in [0.2, 0.25) is 5.91 Å². The van der Waals surface area contributed by atoms with Crippen LogP contribution >= 0.6 is 0 Å². The zero-order chi connectivity index (χ0) is 15.8. The van der Waals surface area contributed by atoms with E-state index in [9.17, 15) is 9.59 Å². The van der Waals surface area contributed by atoms with Gasteiger partial charge in [-0.15, -0.1) is 0 Å². The van der Waals surface area contributed by atoms with Crippen LogP contribution in [0.5, 0.6) is 0 Å². The first kappa shape index (κ1) is 15.4. The molecule has 1 aromatic rings. The second kappa shape index (κ2) is 5.41. The number of hydrogen-bond acceptors (Lipinski definition) is 3. The average molecular weight is 287 g/mol. The molecule has 0 fully saturated rings. The molecule has 1 aliphatic rings. The number of aryl methyl sites for hydroxylation is 1. The zero-order valence-corrected chi connectivity index (χ0v) is 12.8. The Morgan fingerprint density at radius 1 is 1.29 bits per heavy atom. The molecule has 0 aliphatic carbocycles. The van der Waals surface area contributed by atoms with E-state index in [1.54, 1.807) is 6.07 Å². The van der Waals surface area contributed by atoms with Gasteiger partial charge >= 0.3 is 0 Å². The standard InChI is InChI=1S/C16H21N3O2/c1-9-6-5-7-10(8-9)11-14(20)18-13(19-15(11)21)12(17)16(2,3)4/h5-8,11-12H,17H2,1-4H3,(H,18,19,20,21). The summed E-state index contributed by atoms with van der Waals surface area (Å²) in [5.41, 5.74) is 7.42. The monoisotopic (exact) mass is 287 g/mol. The van der Waals surface area contributed by atoms with E-state index in [0.717, 1.165) is 5.56 Å². The van der Waals surface area contributed by atoms with Gasteiger partial charge in [-0.25, -0.2) is 0 Å². The average Bonchev–Trinajstić information content (AvgIpc) is 2.36. The van der Waals surface area contributed by atoms with E-state index in [4.69, 9.17) is 5.73 Å². The summed E-state index contributed by atoms with van der Waals surface area (Å²) in [7, 11) is 0. The Bertz CT molecular complexity index is 614. The van der Waals surface area contributed by atoms with E-state index < -0.39 is 17.9 Å². The van der Waals surface area contributed by atoms with Crippen molar-refractivity contribution in [1.29, 1.82) is 0 Å². The van der Waals surface area contributed by atoms with Crippen LogP contribution in [0.3, 0.4) is 0 Å². The highest BCUT2D eigenvalue weighted by molar-refractivity contribution is 6.20. The van der Waals surface area contributed by atoms with Crippen LogP contribution in [-0.4, -0.2) is 23.7 Å². The number of nitrogens with one attached hydrogen (secondary N) is 1. The lowest BCUT2D eigenvalue weighted by Crippen LogP contribution is -2.54. The molecule has 5 heteroatoms. The predicted molar refractivity (Wildman–Crippen MR) is 81.9 cm³/mol. The SMILES string of the molecule is Cc1cccc(C2C(=O)N=C(C(N)C(C)(C)C)NC2=O)c1. The molecule has 2 unspecified atom stereocenters. The second-order valence-corrected chi connectivity index (χ2v) is 6.52. The number of nitrogens with two attached hydrogens (primary N) is 1. The van der Waals surface area contributed by atoms with Crippen molar-refractivity contribution in [3.63, 3.8) is 0 Å². The summed E-state index contributed by atoms with van der Waals surface area (Å²) in [4.78, 5) is 28.6. The molecule has 0 saturated heterocycles. The van der Waals surface area contributed by atoms with Crippen molar-refractivity contribution in [3.8, 4) is 0 Å². The largest absolute Gasteiger partial charge is 0.321 e. The Morgan fingerprint density at radius 2 is 1.95 bits per heavy atom. The van der Waals surface area contributed by atoms with Crippen molar-refractivity contribution in [2.75, 3.05) is 0 Å². The molecule has 0 bridgehead atoms. The maximum Gasteiger partial charge on any atom is 0.264 e. The van der Waals surface area contributed by atoms with Gasteiger partial charge in [0.25, 0.3) is 5.91 Å². The number of amidine groups is 1. The maximum atomic E-state index is 12.3. The molecule has 2 atom stereocenters. The van der Waals surface area contributed by atoms with Gasteiger partial charge in [0.05, 0.1) is 6.04 Å². The summed E-state index contributed by atoms with van der Waals surface area (Å²) in [5.74, 6) is -1.46. The molecule has 2 rings (SSSR count). The van der Waals surface area contributed by atoms with E-state index in [1.165, 1.54) is 0 Å². The van der Waals surface area contributed by atoms with Gasteiger partial charge < -0.3 is 11.1 Å². The predicted octanol–water partition coefficient (Wildman–Crippen LogP) is 1.51. The van der Waals surface area contributed by atoms with Gasteiger partial charge in [-0.3, -0.25) is 9.59 Å². The van der Waals surface area contributed by atoms with Crippen molar-refractivity contribution in [3.05, 3.63) is 35.4 Å². The molecular formula is C16H21N3O2. The van der Waals surface area contributed by atoms with E-state index in [-0.39, 0.29) is 17.2 Å². The maximum absolute atomic E-state index is 12.3. The third-order valence-corrected chi connectivity index (χ3v) is 3.59. The summed E-state index contributed by atoms with van der Waals surface area (Å²) in [6, 6.07) is 6.83. The number of carbonyl (C=O) groups is 2. The van der Waals surface area contributed by atoms with Gasteiger partial charge in [0.15, 0.2) is 0 Å². The van der Waals surface area contributed by atoms with E-state index in [2.05, 4.69) is 10.3 Å². The van der Waals surface area contributed by atoms with E-state index in [1.807, 2.05) is 45.9 Å². The van der Waals surface area contributed by atoms with Crippen LogP contribution in [0.2, 0.25) is 0 Å². The molecule has 1 heterocycles. The van der Waals surface area contributed by atoms with Crippen LogP contribution in [0.15, 0.2) is 29.3 Å². The fourth-order valence-corrected chi connectivity index (χ4v) is 2.22. The molecule has 5 nitrogen and oxygen atoms in total. The first-order valence-corrected chi connectivity index (χ1v) is 6.95. The van der Waals surface area contributed by atoms with E-state index in [0.29, 0.717) is 5.56 Å². The minimum absolute atomic E-state index is 0.251. The highest BCUT2D eigenvalue weighted by Crippen LogP contribution is 2.24. The lowest BCUT2D eigenvalue weighted by Gasteiger charge is -2.31. The van der Waals surface area contributed by atoms with Gasteiger partial charge in [0, 0.05) is 0 Å². The lowest BCUT2D eigenvalue weighted by atomic mass is 9.85. The number of carbonyl (C=O) groups excluding carboxylic acids is 2. The summed E-state index contributed by atoms with van der Waals surface area (Å²) < 4.78 is 0. The molecule has 0 saturated carbocycles. The number of benzene rings is 1. The zero-order valence-electron chi connectivity index (χ0n) is 12.8. The van der Waals surface area contributed by atoms with Crippen molar-refractivity contribution in [2.45, 2.75) is 39.7 Å². The van der Waals surface area contributed by atoms with Crippen LogP contribution in [0, 0.1) is 12.3 Å². The quantitative estimate of drug-likeness (QED) is 0.809. The highest BCUT2D eigenvalue weighted by Gasteiger charge is 2.37. The minimum Gasteiger partial charge on any atom is -0.321 e. The van der Waals surface area contributed by atoms with E-state index >= 15 is 0 Å². The molecule has 21 heavy (non-hydrogen) atoms. The molecule has 2 amide bonds. The summed E-state index contributed by atoms with van der Waals surface area (Å²) in [6.45, 7) is 7.72. The van der Waals surface area contributed by atoms with Crippen molar-refractivity contribution in [2.24, 2.45) is 16.1 Å². The summed E-state index contributed by atoms with van der Waals surface area (Å²) >= 11 is 0. The topological polar surface area (TPSA) is 84.6 Å². The molecule has 0 aromatic heterocycles. The fraction of sp³-hybridized carbons (Fsp3) is 0.438. The van der Waals surface area contributed by atoms with Gasteiger partial charge in [-0.1, -0.05) is 50.6 Å². The normalized spacial score (nSPS) is 20.8. The third kappa shape index (κ3) is 3.19. The molecule has 0 radical (unpaired) electrons. The second-order valence-electron chi connectivity index (χ2n) is 6.52. The number of nitrogens with zero attached hydrogens (tertiary/aromatic N) is 1. The van der Waals surface area contributed by atoms with Crippen LogP contribution < -0.4 is 11.1 Å². The number of hydrogen-bond donors (Lipinski definition) is 2. The van der Waals surface area contributed by atoms with Gasteiger partial charge in [-0.05, 0) is 17.9 Å². The first-order chi connectivity index (χ1) is 9.70. The summed E-state index contributed by atoms with van der Waals surface area (Å²) in [6.07, 6.45) is 0. The van der Waals surface area contributed by atoms with Gasteiger partial charge in [-0.2, -0.15) is 4.99 Å². The molecule has 1 aromatic carbocycles. The van der Waals surface area contributed by atoms with Crippen molar-refractivity contribution >= 4 is 17.6 Å². The smallest absolute Gasteiger partial charge is 0.264 e. The molecular weight excluding hydrogens is 266 g/mol. The Morgan fingerprint density at radius 3 is 2.48 bits per heavy atom. The van der Waals surface area contributed by atoms with Crippen LogP contribution in [0.1, 0.15) is 37.8 Å². The minimum atomic E-state index is -0.888. The Kier molecular flexibility index (Phi) is 3.96. The van der Waals surface area contributed by atoms with Crippen molar-refractivity contribution in [1.82, 2.24) is 5.32 Å². The molecule has 3 N–H and O–H groups in total. The Balaban J connectivity index is 2.33. The molecule has 112 valence electrons. The van der Waals surface area contributed by atoms with Gasteiger partial charge in [0.1, 0.15) is 11.8 Å². The number of aliphatic imine (C=N–C) groups is 1. The Labute approximate surface area is 124 Å². The summed E-state index contributed by atoms with van der Waals surface area (Å²) in [5, 5.41) is 2.69. The van der Waals surface area contributed by atoms with Crippen LogP contribution in [-0.2, 0) is 9.59 Å². The molecule has 0 spiro atoms. The molecule has 1 aliphatic heterocycles. The number of amides is 2. The lowest BCUT2D eigenvalue weighted by molar-refractivity contribution is -0.129. The number of rotatable bonds is 2. The van der Waals surface area contributed by atoms with Crippen LogP contribution in [0.4, 0.5) is 0 Å². The highest BCUT2D eigenvalue weighted by atomic mass is 16.2. The van der Waals surface area contributed by atoms with Crippen molar-refractivity contribution < 1.29 is 9.59 Å². The Hall–Kier alpha value is -2.01. The third-order valence-electron chi connectivity index (χ3n) is 3.59. The fourth-order valence-electron chi connectivity index (χ4n) is 2.22. The first-order valence-electron chi connectivity index (χ1n) is 6.95. The van der Waals surface area contributed by atoms with Crippen LogP contribution in [0.25, 0.3) is 0 Å².